The van der Waals surface area contributed by atoms with Crippen LogP contribution >= 0.6 is 0 Å². The Hall–Kier alpha value is -2.00. The molecule has 2 atom stereocenters. The predicted octanol–water partition coefficient (Wildman–Crippen LogP) is 3.51. The minimum absolute atomic E-state index is 0.0566. The summed E-state index contributed by atoms with van der Waals surface area (Å²) in [7, 11) is 1.63. The third-order valence-electron chi connectivity index (χ3n) is 3.95. The first-order valence-electron chi connectivity index (χ1n) is 7.33. The van der Waals surface area contributed by atoms with Gasteiger partial charge in [-0.1, -0.05) is 30.3 Å². The van der Waals surface area contributed by atoms with Gasteiger partial charge < -0.3 is 14.6 Å². The summed E-state index contributed by atoms with van der Waals surface area (Å²) in [4.78, 5) is 0. The number of fused-ring (bicyclic) bond motifs is 1. The van der Waals surface area contributed by atoms with Gasteiger partial charge in [-0.25, -0.2) is 0 Å². The van der Waals surface area contributed by atoms with E-state index in [9.17, 15) is 5.11 Å². The molecule has 3 nitrogen and oxygen atoms in total. The number of hydrogen-bond donors (Lipinski definition) is 1. The maximum atomic E-state index is 10.3. The molecule has 0 aliphatic carbocycles. The SMILES string of the molecule is COc1ccc2c(c1)[C@@H](O)CC(CCc1ccccc1)O2. The molecule has 0 aromatic heterocycles. The maximum absolute atomic E-state index is 10.3. The van der Waals surface area contributed by atoms with E-state index in [0.717, 1.165) is 29.9 Å². The van der Waals surface area contributed by atoms with Crippen LogP contribution in [0.25, 0.3) is 0 Å². The standard InChI is InChI=1S/C18H20O3/c1-20-14-9-10-18-16(11-14)17(19)12-15(21-18)8-7-13-5-3-2-4-6-13/h2-6,9-11,15,17,19H,7-8,12H2,1H3/t15?,17-/m0/s1. The van der Waals surface area contributed by atoms with E-state index in [0.29, 0.717) is 6.42 Å². The van der Waals surface area contributed by atoms with Crippen LogP contribution in [0.3, 0.4) is 0 Å². The molecule has 1 N–H and O–H groups in total. The van der Waals surface area contributed by atoms with Crippen molar-refractivity contribution in [2.75, 3.05) is 7.11 Å². The molecule has 0 bridgehead atoms. The highest BCUT2D eigenvalue weighted by molar-refractivity contribution is 5.43. The van der Waals surface area contributed by atoms with Gasteiger partial charge in [0.25, 0.3) is 0 Å². The first kappa shape index (κ1) is 14.0. The number of benzene rings is 2. The van der Waals surface area contributed by atoms with Gasteiger partial charge in [-0.05, 0) is 36.6 Å². The molecule has 1 heterocycles. The Labute approximate surface area is 125 Å². The first-order valence-corrected chi connectivity index (χ1v) is 7.33. The lowest BCUT2D eigenvalue weighted by Crippen LogP contribution is -2.26. The Morgan fingerprint density at radius 2 is 2.00 bits per heavy atom. The summed E-state index contributed by atoms with van der Waals surface area (Å²) in [5.41, 5.74) is 2.13. The van der Waals surface area contributed by atoms with Crippen molar-refractivity contribution in [3.05, 3.63) is 59.7 Å². The lowest BCUT2D eigenvalue weighted by molar-refractivity contribution is 0.0617. The van der Waals surface area contributed by atoms with Crippen molar-refractivity contribution >= 4 is 0 Å². The van der Waals surface area contributed by atoms with Gasteiger partial charge in [0.05, 0.1) is 13.2 Å². The zero-order chi connectivity index (χ0) is 14.7. The summed E-state index contributed by atoms with van der Waals surface area (Å²) >= 11 is 0. The van der Waals surface area contributed by atoms with Gasteiger partial charge in [-0.3, -0.25) is 0 Å². The second kappa shape index (κ2) is 6.19. The van der Waals surface area contributed by atoms with Crippen LogP contribution in [-0.4, -0.2) is 18.3 Å². The van der Waals surface area contributed by atoms with Crippen molar-refractivity contribution in [1.82, 2.24) is 0 Å². The molecule has 21 heavy (non-hydrogen) atoms. The maximum Gasteiger partial charge on any atom is 0.125 e. The molecule has 0 saturated heterocycles. The fourth-order valence-electron chi connectivity index (χ4n) is 2.77. The van der Waals surface area contributed by atoms with E-state index >= 15 is 0 Å². The summed E-state index contributed by atoms with van der Waals surface area (Å²) in [5.74, 6) is 1.52. The fraction of sp³-hybridized carbons (Fsp3) is 0.333. The highest BCUT2D eigenvalue weighted by atomic mass is 16.5. The summed E-state index contributed by atoms with van der Waals surface area (Å²) in [6.07, 6.45) is 2.08. The van der Waals surface area contributed by atoms with Crippen LogP contribution in [0.4, 0.5) is 0 Å². The van der Waals surface area contributed by atoms with Gasteiger partial charge >= 0.3 is 0 Å². The summed E-state index contributed by atoms with van der Waals surface area (Å²) in [6, 6.07) is 16.0. The monoisotopic (exact) mass is 284 g/mol. The fourth-order valence-corrected chi connectivity index (χ4v) is 2.77. The van der Waals surface area contributed by atoms with Gasteiger partial charge in [0, 0.05) is 12.0 Å². The number of aliphatic hydroxyl groups is 1. The zero-order valence-electron chi connectivity index (χ0n) is 12.2. The van der Waals surface area contributed by atoms with Crippen molar-refractivity contribution in [2.24, 2.45) is 0 Å². The molecule has 0 radical (unpaired) electrons. The molecule has 3 rings (SSSR count). The molecule has 0 saturated carbocycles. The van der Waals surface area contributed by atoms with Crippen LogP contribution in [0, 0.1) is 0 Å². The predicted molar refractivity (Wildman–Crippen MR) is 81.7 cm³/mol. The second-order valence-corrected chi connectivity index (χ2v) is 5.42. The topological polar surface area (TPSA) is 38.7 Å². The molecule has 2 aromatic carbocycles. The Kier molecular flexibility index (Phi) is 4.11. The first-order chi connectivity index (χ1) is 10.3. The number of ether oxygens (including phenoxy) is 2. The number of rotatable bonds is 4. The van der Waals surface area contributed by atoms with E-state index in [4.69, 9.17) is 9.47 Å². The Morgan fingerprint density at radius 1 is 1.19 bits per heavy atom. The summed E-state index contributed by atoms with van der Waals surface area (Å²) in [6.45, 7) is 0. The van der Waals surface area contributed by atoms with Gasteiger partial charge in [0.1, 0.15) is 17.6 Å². The molecular formula is C18H20O3. The van der Waals surface area contributed by atoms with Crippen LogP contribution in [-0.2, 0) is 6.42 Å². The third kappa shape index (κ3) is 3.19. The summed E-state index contributed by atoms with van der Waals surface area (Å²) in [5, 5.41) is 10.3. The van der Waals surface area contributed by atoms with Crippen molar-refractivity contribution in [3.63, 3.8) is 0 Å². The van der Waals surface area contributed by atoms with Crippen LogP contribution in [0.15, 0.2) is 48.5 Å². The van der Waals surface area contributed by atoms with Gasteiger partial charge in [-0.15, -0.1) is 0 Å². The number of methoxy groups -OCH3 is 1. The highest BCUT2D eigenvalue weighted by Crippen LogP contribution is 2.38. The lowest BCUT2D eigenvalue weighted by atomic mass is 9.95. The van der Waals surface area contributed by atoms with E-state index in [-0.39, 0.29) is 6.10 Å². The van der Waals surface area contributed by atoms with Crippen molar-refractivity contribution in [2.45, 2.75) is 31.5 Å². The normalized spacial score (nSPS) is 20.5. The molecule has 1 aliphatic heterocycles. The van der Waals surface area contributed by atoms with Crippen molar-refractivity contribution in [3.8, 4) is 11.5 Å². The molecule has 0 fully saturated rings. The van der Waals surface area contributed by atoms with Crippen LogP contribution in [0.1, 0.15) is 30.1 Å². The Bertz CT molecular complexity index is 595. The van der Waals surface area contributed by atoms with E-state index in [2.05, 4.69) is 12.1 Å². The molecule has 1 unspecified atom stereocenters. The van der Waals surface area contributed by atoms with Crippen molar-refractivity contribution < 1.29 is 14.6 Å². The number of aliphatic hydroxyl groups excluding tert-OH is 1. The van der Waals surface area contributed by atoms with Crippen LogP contribution in [0.2, 0.25) is 0 Å². The molecule has 110 valence electrons. The molecule has 2 aromatic rings. The van der Waals surface area contributed by atoms with Gasteiger partial charge in [0.2, 0.25) is 0 Å². The lowest BCUT2D eigenvalue weighted by Gasteiger charge is -2.30. The van der Waals surface area contributed by atoms with E-state index < -0.39 is 6.10 Å². The smallest absolute Gasteiger partial charge is 0.125 e. The van der Waals surface area contributed by atoms with Gasteiger partial charge in [0.15, 0.2) is 0 Å². The molecule has 1 aliphatic rings. The molecule has 0 spiro atoms. The molecule has 0 amide bonds. The largest absolute Gasteiger partial charge is 0.497 e. The second-order valence-electron chi connectivity index (χ2n) is 5.42. The highest BCUT2D eigenvalue weighted by Gasteiger charge is 2.27. The van der Waals surface area contributed by atoms with Gasteiger partial charge in [-0.2, -0.15) is 0 Å². The minimum atomic E-state index is -0.482. The van der Waals surface area contributed by atoms with E-state index in [1.807, 2.05) is 36.4 Å². The Balaban J connectivity index is 1.67. The number of hydrogen-bond acceptors (Lipinski definition) is 3. The third-order valence-corrected chi connectivity index (χ3v) is 3.95. The van der Waals surface area contributed by atoms with Crippen molar-refractivity contribution in [1.29, 1.82) is 0 Å². The van der Waals surface area contributed by atoms with Crippen LogP contribution < -0.4 is 9.47 Å². The van der Waals surface area contributed by atoms with E-state index in [1.54, 1.807) is 7.11 Å². The molecular weight excluding hydrogens is 264 g/mol. The number of aryl methyl sites for hydroxylation is 1. The summed E-state index contributed by atoms with van der Waals surface area (Å²) < 4.78 is 11.2. The quantitative estimate of drug-likeness (QED) is 0.933. The average Bonchev–Trinajstić information content (AvgIpc) is 2.54. The van der Waals surface area contributed by atoms with E-state index in [1.165, 1.54) is 5.56 Å². The molecule has 3 heteroatoms. The average molecular weight is 284 g/mol. The minimum Gasteiger partial charge on any atom is -0.497 e. The van der Waals surface area contributed by atoms with Crippen LogP contribution in [0.5, 0.6) is 11.5 Å². The Morgan fingerprint density at radius 3 is 2.76 bits per heavy atom. The zero-order valence-corrected chi connectivity index (χ0v) is 12.2.